The summed E-state index contributed by atoms with van der Waals surface area (Å²) in [7, 11) is 0. The van der Waals surface area contributed by atoms with Crippen molar-refractivity contribution in [2.45, 2.75) is 44.4 Å². The molecule has 2 heterocycles. The van der Waals surface area contributed by atoms with E-state index in [1.54, 1.807) is 0 Å². The molecular formula is C18H19F3N4O5S. The van der Waals surface area contributed by atoms with E-state index < -0.39 is 53.1 Å². The molecule has 1 aromatic rings. The Balaban J connectivity index is 2.23. The first-order chi connectivity index (χ1) is 14.3. The van der Waals surface area contributed by atoms with Crippen molar-refractivity contribution in [2.24, 2.45) is 0 Å². The predicted molar refractivity (Wildman–Crippen MR) is 102 cm³/mol. The van der Waals surface area contributed by atoms with E-state index in [0.29, 0.717) is 6.07 Å². The summed E-state index contributed by atoms with van der Waals surface area (Å²) >= 11 is 4.36. The van der Waals surface area contributed by atoms with Crippen LogP contribution in [0.1, 0.15) is 38.4 Å². The van der Waals surface area contributed by atoms with E-state index in [4.69, 9.17) is 10.00 Å². The van der Waals surface area contributed by atoms with E-state index in [0.717, 1.165) is 18.0 Å². The van der Waals surface area contributed by atoms with E-state index in [9.17, 15) is 27.6 Å². The number of rotatable bonds is 6. The number of esters is 2. The molecule has 1 atom stereocenters. The molecule has 1 fully saturated rings. The van der Waals surface area contributed by atoms with Gasteiger partial charge in [-0.05, 0) is 19.9 Å². The number of aromatic nitrogens is 1. The standard InChI is InChI=1S/C18H19F3N4O5S/c1-10(26)29-9-30-14(27)4-5-24-16(31)25(15(28)17(24,2)3)11-6-12(18(19,20)21)13(7-22)23-8-11/h6,8,16,31H,4-5,9H2,1-3H3. The zero-order chi connectivity index (χ0) is 23.6. The third kappa shape index (κ3) is 5.26. The van der Waals surface area contributed by atoms with Crippen LogP contribution in [0, 0.1) is 11.3 Å². The van der Waals surface area contributed by atoms with Gasteiger partial charge in [0.05, 0.1) is 29.4 Å². The minimum absolute atomic E-state index is 0.0157. The molecule has 0 aromatic carbocycles. The Morgan fingerprint density at radius 3 is 2.55 bits per heavy atom. The van der Waals surface area contributed by atoms with Crippen LogP contribution in [-0.2, 0) is 30.0 Å². The van der Waals surface area contributed by atoms with E-state index in [2.05, 4.69) is 22.3 Å². The van der Waals surface area contributed by atoms with Crippen molar-refractivity contribution >= 4 is 36.2 Å². The van der Waals surface area contributed by atoms with Gasteiger partial charge < -0.3 is 9.47 Å². The van der Waals surface area contributed by atoms with Crippen molar-refractivity contribution in [3.05, 3.63) is 23.5 Å². The molecule has 2 rings (SSSR count). The van der Waals surface area contributed by atoms with Crippen molar-refractivity contribution in [1.29, 1.82) is 5.26 Å². The molecule has 1 aliphatic rings. The molecule has 1 saturated heterocycles. The Morgan fingerprint density at radius 2 is 2.00 bits per heavy atom. The number of pyridine rings is 1. The second kappa shape index (κ2) is 9.11. The quantitative estimate of drug-likeness (QED) is 0.390. The van der Waals surface area contributed by atoms with Gasteiger partial charge in [-0.25, -0.2) is 4.98 Å². The van der Waals surface area contributed by atoms with Crippen molar-refractivity contribution < 1.29 is 37.0 Å². The number of anilines is 1. The van der Waals surface area contributed by atoms with Crippen LogP contribution in [0.3, 0.4) is 0 Å². The van der Waals surface area contributed by atoms with E-state index in [1.165, 1.54) is 24.8 Å². The van der Waals surface area contributed by atoms with Gasteiger partial charge in [0.2, 0.25) is 12.7 Å². The average Bonchev–Trinajstić information content (AvgIpc) is 2.83. The lowest BCUT2D eigenvalue weighted by Gasteiger charge is -2.30. The van der Waals surface area contributed by atoms with E-state index >= 15 is 0 Å². The first-order valence-corrected chi connectivity index (χ1v) is 9.37. The summed E-state index contributed by atoms with van der Waals surface area (Å²) in [6.07, 6.45) is -4.05. The normalized spacial score (nSPS) is 18.6. The number of alkyl halides is 3. The number of hydrogen-bond donors (Lipinski definition) is 1. The van der Waals surface area contributed by atoms with Crippen LogP contribution in [-0.4, -0.2) is 52.1 Å². The van der Waals surface area contributed by atoms with Gasteiger partial charge in [0.25, 0.3) is 0 Å². The van der Waals surface area contributed by atoms with Gasteiger partial charge in [0.15, 0.2) is 5.69 Å². The highest BCUT2D eigenvalue weighted by Gasteiger charge is 2.51. The molecule has 0 bridgehead atoms. The highest BCUT2D eigenvalue weighted by atomic mass is 32.1. The van der Waals surface area contributed by atoms with Crippen LogP contribution in [0.5, 0.6) is 0 Å². The maximum absolute atomic E-state index is 13.3. The monoisotopic (exact) mass is 460 g/mol. The number of amides is 1. The van der Waals surface area contributed by atoms with Gasteiger partial charge in [0.1, 0.15) is 11.6 Å². The fourth-order valence-corrected chi connectivity index (χ4v) is 3.59. The number of carbonyl (C=O) groups is 3. The molecule has 9 nitrogen and oxygen atoms in total. The molecule has 0 aliphatic carbocycles. The Bertz CT molecular complexity index is 932. The molecule has 168 valence electrons. The van der Waals surface area contributed by atoms with Crippen LogP contribution >= 0.6 is 12.6 Å². The van der Waals surface area contributed by atoms with Crippen molar-refractivity contribution in [1.82, 2.24) is 9.88 Å². The first kappa shape index (κ1) is 24.4. The van der Waals surface area contributed by atoms with Gasteiger partial charge in [-0.2, -0.15) is 18.4 Å². The number of halogens is 3. The third-order valence-electron chi connectivity index (χ3n) is 4.57. The summed E-state index contributed by atoms with van der Waals surface area (Å²) in [5, 5.41) is 8.89. The van der Waals surface area contributed by atoms with Crippen LogP contribution in [0.4, 0.5) is 18.9 Å². The van der Waals surface area contributed by atoms with Gasteiger partial charge in [-0.15, -0.1) is 12.6 Å². The second-order valence-electron chi connectivity index (χ2n) is 6.99. The lowest BCUT2D eigenvalue weighted by molar-refractivity contribution is -0.166. The second-order valence-corrected chi connectivity index (χ2v) is 7.46. The first-order valence-electron chi connectivity index (χ1n) is 8.85. The molecule has 0 radical (unpaired) electrons. The SMILES string of the molecule is CC(=O)OCOC(=O)CCN1C(S)N(c2cnc(C#N)c(C(F)(F)F)c2)C(=O)C1(C)C. The van der Waals surface area contributed by atoms with Crippen LogP contribution in [0.15, 0.2) is 12.3 Å². The number of carbonyl (C=O) groups excluding carboxylic acids is 3. The fourth-order valence-electron chi connectivity index (χ4n) is 2.95. The minimum atomic E-state index is -4.84. The maximum atomic E-state index is 13.3. The number of ether oxygens (including phenoxy) is 2. The van der Waals surface area contributed by atoms with Gasteiger partial charge in [-0.1, -0.05) is 0 Å². The van der Waals surface area contributed by atoms with Crippen molar-refractivity contribution in [3.8, 4) is 6.07 Å². The predicted octanol–water partition coefficient (Wildman–Crippen LogP) is 2.07. The van der Waals surface area contributed by atoms with Crippen molar-refractivity contribution in [2.75, 3.05) is 18.2 Å². The molecule has 0 N–H and O–H groups in total. The molecule has 1 unspecified atom stereocenters. The summed E-state index contributed by atoms with van der Waals surface area (Å²) in [5.41, 5.74) is -4.50. The van der Waals surface area contributed by atoms with Gasteiger partial charge >= 0.3 is 18.1 Å². The molecule has 1 aromatic heterocycles. The molecule has 31 heavy (non-hydrogen) atoms. The summed E-state index contributed by atoms with van der Waals surface area (Å²) in [5.74, 6) is -1.90. The highest BCUT2D eigenvalue weighted by molar-refractivity contribution is 7.81. The summed E-state index contributed by atoms with van der Waals surface area (Å²) in [4.78, 5) is 41.5. The Morgan fingerprint density at radius 1 is 1.35 bits per heavy atom. The maximum Gasteiger partial charge on any atom is 0.419 e. The zero-order valence-electron chi connectivity index (χ0n) is 16.8. The Labute approximate surface area is 181 Å². The lowest BCUT2D eigenvalue weighted by Crippen LogP contribution is -2.45. The summed E-state index contributed by atoms with van der Waals surface area (Å²) in [6, 6.07) is 2.04. The number of nitriles is 1. The van der Waals surface area contributed by atoms with Crippen LogP contribution < -0.4 is 4.90 Å². The smallest absolute Gasteiger partial charge is 0.419 e. The molecule has 1 amide bonds. The van der Waals surface area contributed by atoms with E-state index in [-0.39, 0.29) is 18.7 Å². The minimum Gasteiger partial charge on any atom is -0.428 e. The third-order valence-corrected chi connectivity index (χ3v) is 5.08. The Hall–Kier alpha value is -2.85. The van der Waals surface area contributed by atoms with Crippen LogP contribution in [0.2, 0.25) is 0 Å². The number of thiol groups is 1. The summed E-state index contributed by atoms with van der Waals surface area (Å²) in [6.45, 7) is 3.64. The molecule has 0 saturated carbocycles. The van der Waals surface area contributed by atoms with Crippen molar-refractivity contribution in [3.63, 3.8) is 0 Å². The molecular weight excluding hydrogens is 441 g/mol. The fraction of sp³-hybridized carbons (Fsp3) is 0.500. The molecule has 1 aliphatic heterocycles. The molecule has 0 spiro atoms. The van der Waals surface area contributed by atoms with Gasteiger partial charge in [0, 0.05) is 13.5 Å². The van der Waals surface area contributed by atoms with Crippen LogP contribution in [0.25, 0.3) is 0 Å². The highest BCUT2D eigenvalue weighted by Crippen LogP contribution is 2.39. The Kier molecular flexibility index (Phi) is 7.17. The topological polar surface area (TPSA) is 113 Å². The largest absolute Gasteiger partial charge is 0.428 e. The molecule has 13 heteroatoms. The van der Waals surface area contributed by atoms with E-state index in [1.807, 2.05) is 0 Å². The lowest BCUT2D eigenvalue weighted by atomic mass is 10.0. The zero-order valence-corrected chi connectivity index (χ0v) is 17.7. The van der Waals surface area contributed by atoms with Gasteiger partial charge in [-0.3, -0.25) is 24.2 Å². The average molecular weight is 460 g/mol. The number of hydrogen-bond acceptors (Lipinski definition) is 9. The number of nitrogens with zero attached hydrogens (tertiary/aromatic N) is 4. The summed E-state index contributed by atoms with van der Waals surface area (Å²) < 4.78 is 49.1.